The van der Waals surface area contributed by atoms with Crippen LogP contribution >= 0.6 is 0 Å². The van der Waals surface area contributed by atoms with E-state index in [4.69, 9.17) is 9.72 Å². The van der Waals surface area contributed by atoms with Gasteiger partial charge in [-0.1, -0.05) is 6.07 Å². The first kappa shape index (κ1) is 27.0. The van der Waals surface area contributed by atoms with Gasteiger partial charge in [-0.15, -0.1) is 5.10 Å². The number of ether oxygens (including phenoxy) is 1. The molecule has 2 aliphatic rings. The largest absolute Gasteiger partial charge is 0.381 e. The Morgan fingerprint density at radius 2 is 1.95 bits per heavy atom. The van der Waals surface area contributed by atoms with E-state index in [9.17, 15) is 5.26 Å². The van der Waals surface area contributed by atoms with Crippen LogP contribution in [-0.4, -0.2) is 68.5 Å². The van der Waals surface area contributed by atoms with Gasteiger partial charge in [0.15, 0.2) is 0 Å². The van der Waals surface area contributed by atoms with Crippen LogP contribution in [0.1, 0.15) is 56.8 Å². The van der Waals surface area contributed by atoms with Gasteiger partial charge in [-0.05, 0) is 86.6 Å². The Balaban J connectivity index is 1.16. The van der Waals surface area contributed by atoms with Gasteiger partial charge < -0.3 is 20.7 Å². The third-order valence-electron chi connectivity index (χ3n) is 7.91. The molecular formula is C28H38N10O. The van der Waals surface area contributed by atoms with Crippen molar-refractivity contribution in [2.75, 3.05) is 30.4 Å². The summed E-state index contributed by atoms with van der Waals surface area (Å²) in [5.41, 5.74) is 2.63. The molecule has 1 aliphatic carbocycles. The molecule has 206 valence electrons. The Morgan fingerprint density at radius 1 is 1.15 bits per heavy atom. The van der Waals surface area contributed by atoms with Gasteiger partial charge in [0, 0.05) is 56.1 Å². The summed E-state index contributed by atoms with van der Waals surface area (Å²) in [5.74, 6) is 2.47. The van der Waals surface area contributed by atoms with Crippen LogP contribution in [0.4, 0.5) is 11.6 Å². The monoisotopic (exact) mass is 530 g/mol. The number of aromatic amines is 1. The van der Waals surface area contributed by atoms with Crippen molar-refractivity contribution in [3.8, 4) is 17.3 Å². The first-order chi connectivity index (χ1) is 19.0. The van der Waals surface area contributed by atoms with Crippen molar-refractivity contribution in [1.29, 1.82) is 5.26 Å². The smallest absolute Gasteiger partial charge is 0.149 e. The molecule has 1 saturated heterocycles. The van der Waals surface area contributed by atoms with Crippen molar-refractivity contribution in [1.82, 2.24) is 35.9 Å². The molecule has 0 radical (unpaired) electrons. The fourth-order valence-electron chi connectivity index (χ4n) is 5.54. The van der Waals surface area contributed by atoms with Gasteiger partial charge in [0.1, 0.15) is 17.5 Å². The number of pyridine rings is 2. The number of hydrogen-bond donors (Lipinski definition) is 4. The summed E-state index contributed by atoms with van der Waals surface area (Å²) < 4.78 is 5.46. The van der Waals surface area contributed by atoms with Gasteiger partial charge in [-0.2, -0.15) is 5.26 Å². The van der Waals surface area contributed by atoms with E-state index in [2.05, 4.69) is 67.5 Å². The number of hydrogen-bond acceptors (Lipinski definition) is 10. The molecule has 5 rings (SSSR count). The minimum absolute atomic E-state index is 0.315. The Kier molecular flexibility index (Phi) is 8.64. The number of nitrogens with zero attached hydrogens (tertiary/aromatic N) is 6. The predicted molar refractivity (Wildman–Crippen MR) is 149 cm³/mol. The van der Waals surface area contributed by atoms with Crippen LogP contribution < -0.4 is 16.0 Å². The lowest BCUT2D eigenvalue weighted by atomic mass is 9.82. The van der Waals surface area contributed by atoms with Crippen molar-refractivity contribution in [2.24, 2.45) is 5.41 Å². The maximum Gasteiger partial charge on any atom is 0.149 e. The van der Waals surface area contributed by atoms with E-state index in [0.717, 1.165) is 79.2 Å². The molecular weight excluding hydrogens is 492 g/mol. The second-order valence-electron chi connectivity index (χ2n) is 11.0. The van der Waals surface area contributed by atoms with Crippen LogP contribution in [0.3, 0.4) is 0 Å². The average molecular weight is 531 g/mol. The standard InChI is InChI=1S/C28H38N10O/c1-19-16-30-26(33-22-8-6-21(7-9-22)32-20(2)14-27-35-37-38-36-27)15-23(19)24-4-3-5-25(34-24)31-18-28(17-29)10-12-39-13-11-28/h3-5,15-16,20-22,32H,6-14,18H2,1-2H3,(H,30,33)(H,31,34)(H,35,36,37,38)/t20-,21-,22-/m0/s1. The van der Waals surface area contributed by atoms with E-state index in [-0.39, 0.29) is 0 Å². The van der Waals surface area contributed by atoms with Gasteiger partial charge in [-0.25, -0.2) is 15.1 Å². The molecule has 1 atom stereocenters. The van der Waals surface area contributed by atoms with Crippen LogP contribution in [0.15, 0.2) is 30.5 Å². The van der Waals surface area contributed by atoms with Crippen LogP contribution in [0.25, 0.3) is 11.3 Å². The number of nitriles is 1. The summed E-state index contributed by atoms with van der Waals surface area (Å²) in [6.45, 7) is 6.07. The zero-order valence-corrected chi connectivity index (χ0v) is 22.8. The quantitative estimate of drug-likeness (QED) is 0.306. The summed E-state index contributed by atoms with van der Waals surface area (Å²) in [7, 11) is 0. The summed E-state index contributed by atoms with van der Waals surface area (Å²) in [4.78, 5) is 9.54. The number of rotatable bonds is 10. The van der Waals surface area contributed by atoms with Crippen LogP contribution in [0.5, 0.6) is 0 Å². The first-order valence-electron chi connectivity index (χ1n) is 13.9. The van der Waals surface area contributed by atoms with Gasteiger partial charge in [0.2, 0.25) is 0 Å². The minimum Gasteiger partial charge on any atom is -0.381 e. The number of aromatic nitrogens is 6. The first-order valence-corrected chi connectivity index (χ1v) is 13.9. The van der Waals surface area contributed by atoms with Gasteiger partial charge in [0.25, 0.3) is 0 Å². The van der Waals surface area contributed by atoms with Crippen molar-refractivity contribution < 1.29 is 4.74 Å². The highest BCUT2D eigenvalue weighted by molar-refractivity contribution is 5.68. The molecule has 0 aromatic carbocycles. The van der Waals surface area contributed by atoms with E-state index in [0.29, 0.717) is 37.9 Å². The predicted octanol–water partition coefficient (Wildman–Crippen LogP) is 3.64. The Hall–Kier alpha value is -3.62. The normalized spacial score (nSPS) is 21.6. The Labute approximate surface area is 229 Å². The van der Waals surface area contributed by atoms with Crippen molar-refractivity contribution >= 4 is 11.6 Å². The second kappa shape index (κ2) is 12.5. The molecule has 1 aliphatic heterocycles. The molecule has 39 heavy (non-hydrogen) atoms. The maximum atomic E-state index is 9.76. The Bertz CT molecular complexity index is 1240. The summed E-state index contributed by atoms with van der Waals surface area (Å²) in [6, 6.07) is 11.8. The topological polar surface area (TPSA) is 149 Å². The molecule has 4 N–H and O–H groups in total. The molecule has 0 unspecified atom stereocenters. The molecule has 11 nitrogen and oxygen atoms in total. The van der Waals surface area contributed by atoms with Gasteiger partial charge >= 0.3 is 0 Å². The third-order valence-corrected chi connectivity index (χ3v) is 7.91. The zero-order valence-electron chi connectivity index (χ0n) is 22.8. The molecule has 3 aromatic heterocycles. The van der Waals surface area contributed by atoms with E-state index in [1.165, 1.54) is 0 Å². The van der Waals surface area contributed by atoms with Crippen molar-refractivity contribution in [3.63, 3.8) is 0 Å². The lowest BCUT2D eigenvalue weighted by molar-refractivity contribution is 0.0455. The average Bonchev–Trinajstić information content (AvgIpc) is 3.47. The highest BCUT2D eigenvalue weighted by Crippen LogP contribution is 2.31. The van der Waals surface area contributed by atoms with E-state index < -0.39 is 5.41 Å². The highest BCUT2D eigenvalue weighted by atomic mass is 16.5. The molecule has 3 aromatic rings. The summed E-state index contributed by atoms with van der Waals surface area (Å²) in [6.07, 6.45) is 8.59. The van der Waals surface area contributed by atoms with Crippen LogP contribution in [0.2, 0.25) is 0 Å². The molecule has 1 saturated carbocycles. The SMILES string of the molecule is Cc1cnc(N[C@H]2CC[C@H](N[C@@H](C)Cc3nnn[nH]3)CC2)cc1-c1cccc(NCC2(C#N)CCOCC2)n1. The number of anilines is 2. The van der Waals surface area contributed by atoms with Crippen molar-refractivity contribution in [3.05, 3.63) is 41.9 Å². The lowest BCUT2D eigenvalue weighted by Crippen LogP contribution is -2.42. The van der Waals surface area contributed by atoms with Crippen LogP contribution in [0, 0.1) is 23.7 Å². The van der Waals surface area contributed by atoms with Gasteiger partial charge in [-0.3, -0.25) is 0 Å². The lowest BCUT2D eigenvalue weighted by Gasteiger charge is -2.32. The van der Waals surface area contributed by atoms with E-state index in [1.807, 2.05) is 24.4 Å². The number of H-pyrrole nitrogens is 1. The fourth-order valence-corrected chi connectivity index (χ4v) is 5.54. The third kappa shape index (κ3) is 7.07. The summed E-state index contributed by atoms with van der Waals surface area (Å²) >= 11 is 0. The molecule has 2 fully saturated rings. The minimum atomic E-state index is -0.402. The maximum absolute atomic E-state index is 9.76. The number of nitrogens with one attached hydrogen (secondary N) is 4. The number of aryl methyl sites for hydroxylation is 1. The summed E-state index contributed by atoms with van der Waals surface area (Å²) in [5, 5.41) is 34.7. The molecule has 0 spiro atoms. The molecule has 0 amide bonds. The molecule has 0 bridgehead atoms. The highest BCUT2D eigenvalue weighted by Gasteiger charge is 2.32. The van der Waals surface area contributed by atoms with Crippen molar-refractivity contribution in [2.45, 2.75) is 76.9 Å². The number of tetrazole rings is 1. The van der Waals surface area contributed by atoms with Gasteiger partial charge in [0.05, 0.1) is 17.2 Å². The molecule has 4 heterocycles. The van der Waals surface area contributed by atoms with E-state index >= 15 is 0 Å². The Morgan fingerprint density at radius 3 is 2.69 bits per heavy atom. The molecule has 11 heteroatoms. The van der Waals surface area contributed by atoms with Crippen LogP contribution in [-0.2, 0) is 11.2 Å². The zero-order chi connectivity index (χ0) is 27.1. The van der Waals surface area contributed by atoms with E-state index in [1.54, 1.807) is 0 Å². The second-order valence-corrected chi connectivity index (χ2v) is 11.0. The fraction of sp³-hybridized carbons (Fsp3) is 0.571.